The van der Waals surface area contributed by atoms with Gasteiger partial charge in [0.1, 0.15) is 0 Å². The van der Waals surface area contributed by atoms with E-state index in [-0.39, 0.29) is 51.4 Å². The summed E-state index contributed by atoms with van der Waals surface area (Å²) in [5.41, 5.74) is 0. The molecule has 6 heteroatoms. The Hall–Kier alpha value is 2.45. The van der Waals surface area contributed by atoms with E-state index in [2.05, 4.69) is 2.69 Å². The van der Waals surface area contributed by atoms with Crippen molar-refractivity contribution >= 4 is 62.7 Å². The average Bonchev–Trinajstić information content (AvgIpc) is 1.38. The zero-order chi connectivity index (χ0) is 4.28. The molecule has 0 aromatic rings. The molecular weight excluding hydrogens is 316 g/mol. The van der Waals surface area contributed by atoms with Crippen molar-refractivity contribution in [3.05, 3.63) is 0 Å². The molecule has 0 bridgehead atoms. The topological polar surface area (TPSA) is 46.5 Å². The standard InChI is InChI=1S/Au.K.H2O3S.H/c;;1-4(2)3;/h;;(H2,1,2,3);/q+1;;;/p-1. The molecule has 38 valence electrons. The summed E-state index contributed by atoms with van der Waals surface area (Å²) in [6, 6.07) is 0. The molecule has 0 radical (unpaired) electrons. The SMILES string of the molecule is O=S(O)[O][Au].[KH]. The Morgan fingerprint density at radius 1 is 1.83 bits per heavy atom. The van der Waals surface area contributed by atoms with Crippen molar-refractivity contribution < 1.29 is 32.9 Å². The van der Waals surface area contributed by atoms with E-state index in [9.17, 15) is 4.21 Å². The van der Waals surface area contributed by atoms with E-state index in [1.807, 2.05) is 0 Å². The van der Waals surface area contributed by atoms with Crippen LogP contribution in [0.3, 0.4) is 0 Å². The van der Waals surface area contributed by atoms with Crippen LogP contribution in [-0.2, 0) is 35.5 Å². The fraction of sp³-hybridized carbons (Fsp3) is 0. The molecule has 0 saturated carbocycles. The van der Waals surface area contributed by atoms with Crippen molar-refractivity contribution in [2.75, 3.05) is 0 Å². The van der Waals surface area contributed by atoms with E-state index in [0.29, 0.717) is 0 Å². The van der Waals surface area contributed by atoms with Crippen molar-refractivity contribution in [1.82, 2.24) is 0 Å². The quantitative estimate of drug-likeness (QED) is 0.496. The summed E-state index contributed by atoms with van der Waals surface area (Å²) < 4.78 is 20.6. The van der Waals surface area contributed by atoms with Gasteiger partial charge in [0.05, 0.1) is 0 Å². The Morgan fingerprint density at radius 3 is 2.00 bits per heavy atom. The van der Waals surface area contributed by atoms with Gasteiger partial charge >= 0.3 is 95.7 Å². The molecule has 1 unspecified atom stereocenters. The molecule has 0 spiro atoms. The second-order valence-electron chi connectivity index (χ2n) is 0.267. The van der Waals surface area contributed by atoms with Crippen LogP contribution >= 0.6 is 0 Å². The molecule has 0 heterocycles. The first kappa shape index (κ1) is 11.3. The van der Waals surface area contributed by atoms with Crippen molar-refractivity contribution in [3.63, 3.8) is 0 Å². The summed E-state index contributed by atoms with van der Waals surface area (Å²) in [5.74, 6) is 0. The minimum atomic E-state index is -2.10. The van der Waals surface area contributed by atoms with Crippen LogP contribution in [-0.4, -0.2) is 60.1 Å². The average molecular weight is 318 g/mol. The second-order valence-corrected chi connectivity index (χ2v) is 1.89. The van der Waals surface area contributed by atoms with Gasteiger partial charge in [0.2, 0.25) is 0 Å². The van der Waals surface area contributed by atoms with Crippen LogP contribution in [0, 0.1) is 0 Å². The van der Waals surface area contributed by atoms with Gasteiger partial charge in [-0.25, -0.2) is 0 Å². The summed E-state index contributed by atoms with van der Waals surface area (Å²) >= 11 is -0.618. The molecule has 3 nitrogen and oxygen atoms in total. The van der Waals surface area contributed by atoms with Crippen LogP contribution in [0.2, 0.25) is 0 Å². The molecule has 0 aromatic heterocycles. The normalized spacial score (nSPS) is 12.5. The van der Waals surface area contributed by atoms with Crippen molar-refractivity contribution in [2.24, 2.45) is 0 Å². The van der Waals surface area contributed by atoms with Crippen LogP contribution in [0.5, 0.6) is 0 Å². The third kappa shape index (κ3) is 9.67. The first-order valence-electron chi connectivity index (χ1n) is 0.639. The molecule has 0 rings (SSSR count). The summed E-state index contributed by atoms with van der Waals surface area (Å²) in [7, 11) is 0. The summed E-state index contributed by atoms with van der Waals surface area (Å²) in [6.07, 6.45) is 0. The van der Waals surface area contributed by atoms with Gasteiger partial charge in [0.15, 0.2) is 0 Å². The fourth-order valence-corrected chi connectivity index (χ4v) is 0. The predicted molar refractivity (Wildman–Crippen MR) is 19.0 cm³/mol. The van der Waals surface area contributed by atoms with Gasteiger partial charge in [-0.05, 0) is 0 Å². The van der Waals surface area contributed by atoms with E-state index < -0.39 is 11.4 Å². The van der Waals surface area contributed by atoms with Crippen molar-refractivity contribution in [1.29, 1.82) is 0 Å². The van der Waals surface area contributed by atoms with Crippen LogP contribution in [0.1, 0.15) is 0 Å². The van der Waals surface area contributed by atoms with E-state index in [1.54, 1.807) is 0 Å². The summed E-state index contributed by atoms with van der Waals surface area (Å²) in [6.45, 7) is 0. The zero-order valence-corrected chi connectivity index (χ0v) is 4.96. The molecule has 1 atom stereocenters. The Labute approximate surface area is 93.5 Å². The number of hydrogen-bond donors (Lipinski definition) is 1. The molecule has 0 amide bonds. The van der Waals surface area contributed by atoms with Gasteiger partial charge in [-0.1, -0.05) is 0 Å². The van der Waals surface area contributed by atoms with Gasteiger partial charge in [-0.15, -0.1) is 0 Å². The molecule has 0 aromatic carbocycles. The predicted octanol–water partition coefficient (Wildman–Crippen LogP) is -1.05. The fourth-order valence-electron chi connectivity index (χ4n) is 0. The van der Waals surface area contributed by atoms with Gasteiger partial charge in [0.25, 0.3) is 0 Å². The Morgan fingerprint density at radius 2 is 2.00 bits per heavy atom. The van der Waals surface area contributed by atoms with Crippen LogP contribution in [0.15, 0.2) is 0 Å². The van der Waals surface area contributed by atoms with Gasteiger partial charge < -0.3 is 0 Å². The first-order valence-corrected chi connectivity index (χ1v) is 2.56. The van der Waals surface area contributed by atoms with Crippen molar-refractivity contribution in [3.8, 4) is 0 Å². The Kier molecular flexibility index (Phi) is 14.0. The number of hydrogen-bond acceptors (Lipinski definition) is 2. The Balaban J connectivity index is 0. The van der Waals surface area contributed by atoms with Crippen molar-refractivity contribution in [2.45, 2.75) is 0 Å². The minimum absolute atomic E-state index is 0. The molecule has 0 fully saturated rings. The van der Waals surface area contributed by atoms with E-state index in [1.165, 1.54) is 21.5 Å². The first-order chi connectivity index (χ1) is 2.27. The molecule has 0 aliphatic rings. The molecule has 1 N–H and O–H groups in total. The zero-order valence-electron chi connectivity index (χ0n) is 1.97. The maximum absolute atomic E-state index is 9.24. The van der Waals surface area contributed by atoms with Gasteiger partial charge in [0, 0.05) is 0 Å². The number of rotatable bonds is 1. The van der Waals surface area contributed by atoms with Crippen LogP contribution < -0.4 is 0 Å². The van der Waals surface area contributed by atoms with Crippen LogP contribution in [0.4, 0.5) is 0 Å². The van der Waals surface area contributed by atoms with Gasteiger partial charge in [-0.3, -0.25) is 0 Å². The van der Waals surface area contributed by atoms with E-state index in [4.69, 9.17) is 4.55 Å². The van der Waals surface area contributed by atoms with E-state index in [0.717, 1.165) is 0 Å². The third-order valence-corrected chi connectivity index (χ3v) is 1.06. The molecule has 0 aliphatic carbocycles. The van der Waals surface area contributed by atoms with Crippen LogP contribution in [0.25, 0.3) is 0 Å². The monoisotopic (exact) mass is 318 g/mol. The Bertz CT molecular complexity index is 46.1. The van der Waals surface area contributed by atoms with Gasteiger partial charge in [-0.2, -0.15) is 0 Å². The third-order valence-electron chi connectivity index (χ3n) is 0.0430. The molecular formula is H2AuKO3S. The molecule has 6 heavy (non-hydrogen) atoms. The molecule has 0 saturated heterocycles. The summed E-state index contributed by atoms with van der Waals surface area (Å²) in [4.78, 5) is 0. The summed E-state index contributed by atoms with van der Waals surface area (Å²) in [5, 5.41) is 0. The molecule has 0 aliphatic heterocycles. The van der Waals surface area contributed by atoms with E-state index >= 15 is 0 Å². The maximum atomic E-state index is 9.24. The second kappa shape index (κ2) is 7.45.